The van der Waals surface area contributed by atoms with Gasteiger partial charge in [0.15, 0.2) is 0 Å². The summed E-state index contributed by atoms with van der Waals surface area (Å²) >= 11 is 1.56. The fourth-order valence-electron chi connectivity index (χ4n) is 3.78. The molecule has 1 aliphatic heterocycles. The lowest BCUT2D eigenvalue weighted by Crippen LogP contribution is -2.26. The van der Waals surface area contributed by atoms with Gasteiger partial charge in [0.05, 0.1) is 34.3 Å². The average molecular weight is 449 g/mol. The molecule has 5 rings (SSSR count). The Kier molecular flexibility index (Phi) is 4.95. The normalized spacial score (nSPS) is 16.5. The Morgan fingerprint density at radius 3 is 2.32 bits per heavy atom. The minimum Gasteiger partial charge on any atom is -0.240 e. The van der Waals surface area contributed by atoms with E-state index in [9.17, 15) is 8.42 Å². The Labute approximate surface area is 185 Å². The maximum Gasteiger partial charge on any atom is 0.247 e. The number of rotatable bonds is 5. The average Bonchev–Trinajstić information content (AvgIpc) is 3.53. The van der Waals surface area contributed by atoms with Crippen molar-refractivity contribution in [3.8, 4) is 16.9 Å². The number of para-hydroxylation sites is 1. The molecule has 0 fully saturated rings. The molecule has 31 heavy (non-hydrogen) atoms. The molecule has 0 bridgehead atoms. The molecule has 8 heteroatoms. The molecule has 2 aromatic carbocycles. The van der Waals surface area contributed by atoms with Crippen molar-refractivity contribution in [2.45, 2.75) is 12.5 Å². The zero-order valence-electron chi connectivity index (χ0n) is 16.8. The third kappa shape index (κ3) is 3.80. The van der Waals surface area contributed by atoms with Gasteiger partial charge < -0.3 is 0 Å². The summed E-state index contributed by atoms with van der Waals surface area (Å²) in [7, 11) is -3.56. The van der Waals surface area contributed by atoms with E-state index in [0.29, 0.717) is 6.42 Å². The first-order chi connectivity index (χ1) is 15.0. The van der Waals surface area contributed by atoms with Crippen molar-refractivity contribution >= 4 is 27.1 Å². The van der Waals surface area contributed by atoms with Crippen LogP contribution in [-0.2, 0) is 10.0 Å². The van der Waals surface area contributed by atoms with Crippen molar-refractivity contribution in [1.82, 2.24) is 14.2 Å². The van der Waals surface area contributed by atoms with Gasteiger partial charge >= 0.3 is 0 Å². The van der Waals surface area contributed by atoms with E-state index < -0.39 is 16.1 Å². The van der Waals surface area contributed by atoms with Crippen LogP contribution in [0.2, 0.25) is 0 Å². The zero-order chi connectivity index (χ0) is 21.4. The van der Waals surface area contributed by atoms with Gasteiger partial charge in [0, 0.05) is 23.7 Å². The van der Waals surface area contributed by atoms with Crippen LogP contribution in [0.4, 0.5) is 0 Å². The molecule has 156 valence electrons. The van der Waals surface area contributed by atoms with Crippen molar-refractivity contribution in [2.75, 3.05) is 6.26 Å². The van der Waals surface area contributed by atoms with E-state index in [2.05, 4.69) is 5.10 Å². The van der Waals surface area contributed by atoms with Crippen molar-refractivity contribution < 1.29 is 8.42 Å². The van der Waals surface area contributed by atoms with Crippen LogP contribution in [0.1, 0.15) is 22.9 Å². The van der Waals surface area contributed by atoms with E-state index in [-0.39, 0.29) is 0 Å². The SMILES string of the molecule is CS(=O)(=O)N1N=C(c2cccs2)C[C@@H]1c1cn(-c2ccccc2)nc1-c1ccccc1. The van der Waals surface area contributed by atoms with E-state index >= 15 is 0 Å². The number of hydrazone groups is 1. The number of sulfonamides is 1. The van der Waals surface area contributed by atoms with Crippen LogP contribution < -0.4 is 0 Å². The van der Waals surface area contributed by atoms with Crippen LogP contribution in [0.5, 0.6) is 0 Å². The molecule has 0 radical (unpaired) electrons. The lowest BCUT2D eigenvalue weighted by molar-refractivity contribution is 0.375. The Balaban J connectivity index is 1.65. The molecule has 0 saturated carbocycles. The maximum atomic E-state index is 12.7. The minimum atomic E-state index is -3.56. The van der Waals surface area contributed by atoms with Crippen molar-refractivity contribution in [1.29, 1.82) is 0 Å². The largest absolute Gasteiger partial charge is 0.247 e. The van der Waals surface area contributed by atoms with E-state index in [0.717, 1.165) is 33.1 Å². The summed E-state index contributed by atoms with van der Waals surface area (Å²) in [6.45, 7) is 0. The number of benzene rings is 2. The molecule has 1 atom stereocenters. The summed E-state index contributed by atoms with van der Waals surface area (Å²) in [5.74, 6) is 0. The fourth-order valence-corrected chi connectivity index (χ4v) is 5.40. The van der Waals surface area contributed by atoms with Gasteiger partial charge in [-0.25, -0.2) is 13.1 Å². The molecule has 0 aliphatic carbocycles. The van der Waals surface area contributed by atoms with Gasteiger partial charge in [-0.05, 0) is 23.6 Å². The quantitative estimate of drug-likeness (QED) is 0.444. The molecule has 0 N–H and O–H groups in total. The van der Waals surface area contributed by atoms with Crippen LogP contribution in [0.25, 0.3) is 16.9 Å². The van der Waals surface area contributed by atoms with E-state index in [1.54, 1.807) is 16.0 Å². The summed E-state index contributed by atoms with van der Waals surface area (Å²) in [5.41, 5.74) is 4.21. The Morgan fingerprint density at radius 2 is 1.68 bits per heavy atom. The minimum absolute atomic E-state index is 0.459. The van der Waals surface area contributed by atoms with Gasteiger partial charge in [0.2, 0.25) is 10.0 Å². The monoisotopic (exact) mass is 448 g/mol. The Morgan fingerprint density at radius 1 is 0.968 bits per heavy atom. The molecule has 0 unspecified atom stereocenters. The van der Waals surface area contributed by atoms with Gasteiger partial charge in [0.1, 0.15) is 0 Å². The van der Waals surface area contributed by atoms with Crippen LogP contribution in [-0.4, -0.2) is 34.6 Å². The summed E-state index contributed by atoms with van der Waals surface area (Å²) in [4.78, 5) is 0.980. The highest BCUT2D eigenvalue weighted by molar-refractivity contribution is 7.88. The summed E-state index contributed by atoms with van der Waals surface area (Å²) < 4.78 is 28.3. The third-order valence-electron chi connectivity index (χ3n) is 5.19. The highest BCUT2D eigenvalue weighted by Crippen LogP contribution is 2.39. The zero-order valence-corrected chi connectivity index (χ0v) is 18.4. The number of hydrogen-bond donors (Lipinski definition) is 0. The predicted octanol–water partition coefficient (Wildman–Crippen LogP) is 4.71. The summed E-state index contributed by atoms with van der Waals surface area (Å²) in [5, 5.41) is 11.3. The molecule has 0 saturated heterocycles. The Bertz CT molecular complexity index is 1330. The topological polar surface area (TPSA) is 67.6 Å². The van der Waals surface area contributed by atoms with Crippen LogP contribution in [0.15, 0.2) is 89.5 Å². The van der Waals surface area contributed by atoms with Gasteiger partial charge in [-0.3, -0.25) is 0 Å². The molecule has 1 aliphatic rings. The Hall–Kier alpha value is -3.23. The second-order valence-corrected chi connectivity index (χ2v) is 10.1. The summed E-state index contributed by atoms with van der Waals surface area (Å²) in [6.07, 6.45) is 3.62. The molecule has 2 aromatic heterocycles. The second kappa shape index (κ2) is 7.79. The van der Waals surface area contributed by atoms with Crippen LogP contribution in [0.3, 0.4) is 0 Å². The highest BCUT2D eigenvalue weighted by atomic mass is 32.2. The van der Waals surface area contributed by atoms with Gasteiger partial charge in [-0.2, -0.15) is 14.6 Å². The van der Waals surface area contributed by atoms with Gasteiger partial charge in [-0.15, -0.1) is 11.3 Å². The first kappa shape index (κ1) is 19.7. The van der Waals surface area contributed by atoms with Gasteiger partial charge in [-0.1, -0.05) is 54.6 Å². The molecule has 3 heterocycles. The number of aromatic nitrogens is 2. The van der Waals surface area contributed by atoms with E-state index in [1.807, 2.05) is 84.4 Å². The third-order valence-corrected chi connectivity index (χ3v) is 7.12. The predicted molar refractivity (Wildman–Crippen MR) is 124 cm³/mol. The molecule has 0 spiro atoms. The van der Waals surface area contributed by atoms with Crippen LogP contribution in [0, 0.1) is 0 Å². The second-order valence-electron chi connectivity index (χ2n) is 7.36. The van der Waals surface area contributed by atoms with Gasteiger partial charge in [0.25, 0.3) is 0 Å². The smallest absolute Gasteiger partial charge is 0.240 e. The van der Waals surface area contributed by atoms with Crippen molar-refractivity contribution in [3.05, 3.63) is 94.8 Å². The van der Waals surface area contributed by atoms with Crippen molar-refractivity contribution in [2.24, 2.45) is 5.10 Å². The fraction of sp³-hybridized carbons (Fsp3) is 0.130. The van der Waals surface area contributed by atoms with E-state index in [4.69, 9.17) is 5.10 Å². The lowest BCUT2D eigenvalue weighted by Gasteiger charge is -2.21. The molecule has 0 amide bonds. The molecular weight excluding hydrogens is 428 g/mol. The van der Waals surface area contributed by atoms with E-state index in [1.165, 1.54) is 10.7 Å². The molecule has 4 aromatic rings. The first-order valence-electron chi connectivity index (χ1n) is 9.82. The summed E-state index contributed by atoms with van der Waals surface area (Å²) in [6, 6.07) is 23.1. The standard InChI is InChI=1S/C23H20N4O2S2/c1-31(28,29)27-21(15-20(24-27)22-13-8-14-30-22)19-16-26(18-11-6-3-7-12-18)25-23(19)17-9-4-2-5-10-17/h2-14,16,21H,15H2,1H3/t21-/m1/s1. The number of thiophene rings is 1. The highest BCUT2D eigenvalue weighted by Gasteiger charge is 2.37. The number of hydrogen-bond acceptors (Lipinski definition) is 5. The first-order valence-corrected chi connectivity index (χ1v) is 12.5. The number of nitrogens with zero attached hydrogens (tertiary/aromatic N) is 4. The molecular formula is C23H20N4O2S2. The van der Waals surface area contributed by atoms with Crippen molar-refractivity contribution in [3.63, 3.8) is 0 Å². The maximum absolute atomic E-state index is 12.7. The molecule has 6 nitrogen and oxygen atoms in total. The lowest BCUT2D eigenvalue weighted by atomic mass is 9.99. The van der Waals surface area contributed by atoms with Crippen LogP contribution >= 0.6 is 11.3 Å².